The van der Waals surface area contributed by atoms with Crippen molar-refractivity contribution in [3.05, 3.63) is 52.8 Å². The van der Waals surface area contributed by atoms with Gasteiger partial charge in [-0.15, -0.1) is 0 Å². The molecule has 0 bridgehead atoms. The van der Waals surface area contributed by atoms with E-state index in [4.69, 9.17) is 22.1 Å². The Balaban J connectivity index is 1.68. The fourth-order valence-electron chi connectivity index (χ4n) is 3.26. The highest BCUT2D eigenvalue weighted by molar-refractivity contribution is 6.30. The number of nitrogen functional groups attached to an aromatic ring is 1. The number of hydrogen-bond donors (Lipinski definition) is 4. The largest absolute Gasteiger partial charge is 0.387 e. The quantitative estimate of drug-likeness (QED) is 0.510. The summed E-state index contributed by atoms with van der Waals surface area (Å²) in [7, 11) is 0. The zero-order valence-corrected chi connectivity index (χ0v) is 14.8. The van der Waals surface area contributed by atoms with Crippen molar-refractivity contribution in [1.29, 1.82) is 0 Å². The minimum atomic E-state index is -1.54. The van der Waals surface area contributed by atoms with Crippen LogP contribution in [0.3, 0.4) is 0 Å². The molecule has 1 saturated heterocycles. The molecular formula is C17H15ClF2N4O4. The molecule has 28 heavy (non-hydrogen) atoms. The number of nitrogens with two attached hydrogens (primary N) is 1. The van der Waals surface area contributed by atoms with E-state index in [-0.39, 0.29) is 27.6 Å². The molecule has 11 heteroatoms. The SMILES string of the molecule is Nc1ncc2c(F)cn([C@@H]3O[C@@H]([C@H](O)c4ccc(Cl)c(F)c4)C(O)[C@@H]3O)c2n1. The first-order chi connectivity index (χ1) is 13.3. The summed E-state index contributed by atoms with van der Waals surface area (Å²) < 4.78 is 34.6. The third-order valence-corrected chi connectivity index (χ3v) is 4.99. The second kappa shape index (κ2) is 6.90. The molecule has 0 amide bonds. The molecule has 8 nitrogen and oxygen atoms in total. The van der Waals surface area contributed by atoms with E-state index in [0.717, 1.165) is 16.8 Å². The Morgan fingerprint density at radius 2 is 1.96 bits per heavy atom. The maximum Gasteiger partial charge on any atom is 0.221 e. The van der Waals surface area contributed by atoms with Crippen LogP contribution in [0.2, 0.25) is 5.02 Å². The van der Waals surface area contributed by atoms with E-state index in [0.29, 0.717) is 0 Å². The number of hydrogen-bond acceptors (Lipinski definition) is 7. The predicted octanol–water partition coefficient (Wildman–Crippen LogP) is 1.30. The molecule has 3 aromatic rings. The second-order valence-electron chi connectivity index (χ2n) is 6.44. The van der Waals surface area contributed by atoms with Crippen molar-refractivity contribution in [3.63, 3.8) is 0 Å². The lowest BCUT2D eigenvalue weighted by Gasteiger charge is -2.21. The van der Waals surface area contributed by atoms with Crippen LogP contribution in [-0.2, 0) is 4.74 Å². The lowest BCUT2D eigenvalue weighted by molar-refractivity contribution is -0.0850. The second-order valence-corrected chi connectivity index (χ2v) is 6.85. The number of ether oxygens (including phenoxy) is 1. The fraction of sp³-hybridized carbons (Fsp3) is 0.294. The maximum atomic E-state index is 14.2. The normalized spacial score (nSPS) is 26.1. The van der Waals surface area contributed by atoms with Gasteiger partial charge in [0.1, 0.15) is 30.2 Å². The van der Waals surface area contributed by atoms with E-state index in [2.05, 4.69) is 9.97 Å². The lowest BCUT2D eigenvalue weighted by Crippen LogP contribution is -2.34. The van der Waals surface area contributed by atoms with Crippen molar-refractivity contribution in [3.8, 4) is 0 Å². The molecule has 148 valence electrons. The zero-order valence-electron chi connectivity index (χ0n) is 14.1. The van der Waals surface area contributed by atoms with Gasteiger partial charge in [0.15, 0.2) is 17.7 Å². The molecular weight excluding hydrogens is 398 g/mol. The summed E-state index contributed by atoms with van der Waals surface area (Å²) in [6.07, 6.45) is -4.93. The zero-order chi connectivity index (χ0) is 20.2. The molecule has 1 fully saturated rings. The average molecular weight is 413 g/mol. The smallest absolute Gasteiger partial charge is 0.221 e. The van der Waals surface area contributed by atoms with Crippen LogP contribution in [-0.4, -0.2) is 48.2 Å². The van der Waals surface area contributed by atoms with Gasteiger partial charge in [0.2, 0.25) is 5.95 Å². The first-order valence-corrected chi connectivity index (χ1v) is 8.59. The Morgan fingerprint density at radius 1 is 1.21 bits per heavy atom. The van der Waals surface area contributed by atoms with E-state index in [1.54, 1.807) is 0 Å². The van der Waals surface area contributed by atoms with Gasteiger partial charge in [-0.25, -0.2) is 13.8 Å². The van der Waals surface area contributed by atoms with Crippen LogP contribution < -0.4 is 5.73 Å². The molecule has 5 N–H and O–H groups in total. The molecule has 0 spiro atoms. The molecule has 4 rings (SSSR count). The van der Waals surface area contributed by atoms with Gasteiger partial charge < -0.3 is 30.4 Å². The summed E-state index contributed by atoms with van der Waals surface area (Å²) >= 11 is 5.63. The van der Waals surface area contributed by atoms with Crippen LogP contribution in [0.5, 0.6) is 0 Å². The number of nitrogens with zero attached hydrogens (tertiary/aromatic N) is 3. The van der Waals surface area contributed by atoms with Crippen molar-refractivity contribution in [1.82, 2.24) is 14.5 Å². The number of aromatic nitrogens is 3. The Morgan fingerprint density at radius 3 is 2.68 bits per heavy atom. The van der Waals surface area contributed by atoms with Gasteiger partial charge in [0, 0.05) is 12.4 Å². The molecule has 2 aromatic heterocycles. The molecule has 1 unspecified atom stereocenters. The monoisotopic (exact) mass is 412 g/mol. The van der Waals surface area contributed by atoms with Crippen molar-refractivity contribution in [2.45, 2.75) is 30.6 Å². The van der Waals surface area contributed by atoms with Crippen LogP contribution in [0.15, 0.2) is 30.6 Å². The number of rotatable bonds is 3. The molecule has 0 radical (unpaired) electrons. The summed E-state index contributed by atoms with van der Waals surface area (Å²) in [5, 5.41) is 31.2. The van der Waals surface area contributed by atoms with Crippen LogP contribution in [0.4, 0.5) is 14.7 Å². The highest BCUT2D eigenvalue weighted by atomic mass is 35.5. The molecule has 1 aliphatic heterocycles. The van der Waals surface area contributed by atoms with Crippen LogP contribution >= 0.6 is 11.6 Å². The minimum absolute atomic E-state index is 0.0447. The average Bonchev–Trinajstić information content (AvgIpc) is 3.14. The van der Waals surface area contributed by atoms with E-state index >= 15 is 0 Å². The van der Waals surface area contributed by atoms with Crippen molar-refractivity contribution in [2.24, 2.45) is 0 Å². The topological polar surface area (TPSA) is 127 Å². The van der Waals surface area contributed by atoms with Gasteiger partial charge in [-0.1, -0.05) is 17.7 Å². The van der Waals surface area contributed by atoms with Crippen molar-refractivity contribution in [2.75, 3.05) is 5.73 Å². The summed E-state index contributed by atoms with van der Waals surface area (Å²) in [4.78, 5) is 7.65. The van der Waals surface area contributed by atoms with Crippen LogP contribution in [0.1, 0.15) is 17.9 Å². The van der Waals surface area contributed by atoms with Gasteiger partial charge >= 0.3 is 0 Å². The number of benzene rings is 1. The van der Waals surface area contributed by atoms with Crippen LogP contribution in [0, 0.1) is 11.6 Å². The summed E-state index contributed by atoms with van der Waals surface area (Å²) in [5.74, 6) is -1.55. The minimum Gasteiger partial charge on any atom is -0.387 e. The number of anilines is 1. The molecule has 0 aliphatic carbocycles. The Bertz CT molecular complexity index is 1050. The number of fused-ring (bicyclic) bond motifs is 1. The number of aliphatic hydroxyl groups is 3. The first kappa shape index (κ1) is 19.0. The molecule has 3 heterocycles. The molecule has 5 atom stereocenters. The van der Waals surface area contributed by atoms with Gasteiger partial charge in [0.05, 0.1) is 10.4 Å². The molecule has 1 aromatic carbocycles. The van der Waals surface area contributed by atoms with Crippen LogP contribution in [0.25, 0.3) is 11.0 Å². The molecule has 1 aliphatic rings. The highest BCUT2D eigenvalue weighted by Crippen LogP contribution is 2.38. The third-order valence-electron chi connectivity index (χ3n) is 4.69. The Kier molecular flexibility index (Phi) is 4.68. The summed E-state index contributed by atoms with van der Waals surface area (Å²) in [6.45, 7) is 0. The van der Waals surface area contributed by atoms with E-state index in [1.165, 1.54) is 18.3 Å². The van der Waals surface area contributed by atoms with Gasteiger partial charge in [-0.05, 0) is 17.7 Å². The van der Waals surface area contributed by atoms with Crippen molar-refractivity contribution >= 4 is 28.6 Å². The Labute approximate surface area is 161 Å². The number of halogens is 3. The Hall–Kier alpha value is -2.37. The summed E-state index contributed by atoms with van der Waals surface area (Å²) in [6, 6.07) is 3.62. The lowest BCUT2D eigenvalue weighted by atomic mass is 9.99. The standard InChI is InChI=1S/C17H15ClF2N4O4/c18-8-2-1-6(3-9(8)19)11(25)14-12(26)13(27)16(28-14)24-5-10(20)7-4-22-17(21)23-15(7)24/h1-5,11-14,16,25-27H,(H2,21,22,23)/t11-,12?,13+,14+,16-/m1/s1. The predicted molar refractivity (Wildman–Crippen MR) is 94.2 cm³/mol. The number of aliphatic hydroxyl groups excluding tert-OH is 3. The van der Waals surface area contributed by atoms with Crippen molar-refractivity contribution < 1.29 is 28.8 Å². The summed E-state index contributed by atoms with van der Waals surface area (Å²) in [5.41, 5.74) is 5.69. The fourth-order valence-corrected chi connectivity index (χ4v) is 3.38. The molecule has 0 saturated carbocycles. The van der Waals surface area contributed by atoms with Gasteiger partial charge in [-0.3, -0.25) is 0 Å². The highest BCUT2D eigenvalue weighted by Gasteiger charge is 2.47. The maximum absolute atomic E-state index is 14.2. The van der Waals surface area contributed by atoms with E-state index < -0.39 is 42.3 Å². The van der Waals surface area contributed by atoms with Gasteiger partial charge in [-0.2, -0.15) is 4.98 Å². The van der Waals surface area contributed by atoms with E-state index in [9.17, 15) is 24.1 Å². The van der Waals surface area contributed by atoms with E-state index in [1.807, 2.05) is 0 Å². The third kappa shape index (κ3) is 2.99. The first-order valence-electron chi connectivity index (χ1n) is 8.21. The van der Waals surface area contributed by atoms with Gasteiger partial charge in [0.25, 0.3) is 0 Å².